The molecule has 4 nitrogen and oxygen atoms in total. The summed E-state index contributed by atoms with van der Waals surface area (Å²) in [6, 6.07) is 13.5. The summed E-state index contributed by atoms with van der Waals surface area (Å²) in [7, 11) is 3.96. The first-order valence-electron chi connectivity index (χ1n) is 7.74. The van der Waals surface area contributed by atoms with Crippen LogP contribution in [0.4, 0.5) is 0 Å². The minimum Gasteiger partial charge on any atom is -0.354 e. The zero-order chi connectivity index (χ0) is 17.5. The van der Waals surface area contributed by atoms with Gasteiger partial charge in [-0.05, 0) is 31.8 Å². The lowest BCUT2D eigenvalue weighted by Gasteiger charge is -2.25. The van der Waals surface area contributed by atoms with Crippen molar-refractivity contribution in [3.05, 3.63) is 57.2 Å². The van der Waals surface area contributed by atoms with Gasteiger partial charge in [0.15, 0.2) is 5.78 Å². The van der Waals surface area contributed by atoms with E-state index in [1.165, 1.54) is 11.3 Å². The Balaban J connectivity index is 1.82. The van der Waals surface area contributed by atoms with Gasteiger partial charge in [0.05, 0.1) is 15.3 Å². The molecule has 0 aliphatic carbocycles. The van der Waals surface area contributed by atoms with E-state index in [0.29, 0.717) is 15.8 Å². The number of Topliss-reactive ketones (excluding diaryl/α,β-unsaturated/α-hetero) is 1. The highest BCUT2D eigenvalue weighted by atomic mass is 35.5. The van der Waals surface area contributed by atoms with Gasteiger partial charge in [-0.1, -0.05) is 41.9 Å². The molecule has 0 saturated carbocycles. The highest BCUT2D eigenvalue weighted by molar-refractivity contribution is 7.18. The first kappa shape index (κ1) is 18.6. The predicted octanol–water partition coefficient (Wildman–Crippen LogP) is 3.78. The topological polar surface area (TPSA) is 49.4 Å². The number of likely N-dealkylation sites (N-methyl/N-ethyl adjacent to an activating group) is 1. The Morgan fingerprint density at radius 1 is 1.12 bits per heavy atom. The molecule has 0 bridgehead atoms. The predicted molar refractivity (Wildman–Crippen MR) is 98.8 cm³/mol. The van der Waals surface area contributed by atoms with Crippen LogP contribution in [-0.4, -0.2) is 37.2 Å². The summed E-state index contributed by atoms with van der Waals surface area (Å²) in [4.78, 5) is 26.7. The molecule has 0 aliphatic heterocycles. The number of nitrogens with zero attached hydrogens (tertiary/aromatic N) is 1. The summed E-state index contributed by atoms with van der Waals surface area (Å²) in [5.41, 5.74) is 1.15. The second-order valence-corrected chi connectivity index (χ2v) is 7.44. The van der Waals surface area contributed by atoms with Gasteiger partial charge in [-0.3, -0.25) is 9.59 Å². The van der Waals surface area contributed by atoms with Gasteiger partial charge in [0.25, 0.3) is 0 Å². The van der Waals surface area contributed by atoms with Crippen molar-refractivity contribution in [3.8, 4) is 0 Å². The van der Waals surface area contributed by atoms with Gasteiger partial charge in [0.1, 0.15) is 0 Å². The maximum absolute atomic E-state index is 12.0. The number of hydrogen-bond acceptors (Lipinski definition) is 4. The number of amides is 1. The van der Waals surface area contributed by atoms with Gasteiger partial charge in [-0.15, -0.1) is 11.3 Å². The number of nitrogens with one attached hydrogen (secondary N) is 1. The fourth-order valence-electron chi connectivity index (χ4n) is 2.39. The summed E-state index contributed by atoms with van der Waals surface area (Å²) < 4.78 is 0.583. The molecule has 2 rings (SSSR count). The van der Waals surface area contributed by atoms with Crippen LogP contribution in [0.2, 0.25) is 4.34 Å². The molecule has 2 aromatic rings. The fourth-order valence-corrected chi connectivity index (χ4v) is 3.40. The Kier molecular flexibility index (Phi) is 6.97. The minimum atomic E-state index is -0.117. The number of carbonyl (C=O) groups is 2. The fraction of sp³-hybridized carbons (Fsp3) is 0.333. The van der Waals surface area contributed by atoms with Crippen molar-refractivity contribution >= 4 is 34.6 Å². The summed E-state index contributed by atoms with van der Waals surface area (Å²) in [6.45, 7) is 0.509. The lowest BCUT2D eigenvalue weighted by molar-refractivity contribution is -0.121. The van der Waals surface area contributed by atoms with Crippen LogP contribution >= 0.6 is 22.9 Å². The van der Waals surface area contributed by atoms with Crippen LogP contribution in [0.25, 0.3) is 0 Å². The van der Waals surface area contributed by atoms with Crippen LogP contribution in [0.15, 0.2) is 42.5 Å². The first-order valence-corrected chi connectivity index (χ1v) is 8.93. The van der Waals surface area contributed by atoms with Crippen molar-refractivity contribution in [3.63, 3.8) is 0 Å². The molecular formula is C18H21ClN2O2S. The molecule has 1 amide bonds. The molecule has 1 aromatic heterocycles. The van der Waals surface area contributed by atoms with Crippen LogP contribution in [0, 0.1) is 0 Å². The Labute approximate surface area is 151 Å². The second kappa shape index (κ2) is 8.97. The van der Waals surface area contributed by atoms with E-state index in [4.69, 9.17) is 11.6 Å². The number of ketones is 1. The molecule has 0 spiro atoms. The summed E-state index contributed by atoms with van der Waals surface area (Å²) in [6.07, 6.45) is 0.379. The third kappa shape index (κ3) is 5.44. The average Bonchev–Trinajstić information content (AvgIpc) is 3.00. The summed E-state index contributed by atoms with van der Waals surface area (Å²) in [5.74, 6) is -0.164. The lowest BCUT2D eigenvalue weighted by atomic mass is 10.1. The zero-order valence-corrected chi connectivity index (χ0v) is 15.4. The van der Waals surface area contributed by atoms with Gasteiger partial charge >= 0.3 is 0 Å². The van der Waals surface area contributed by atoms with Crippen LogP contribution in [0.3, 0.4) is 0 Å². The van der Waals surface area contributed by atoms with E-state index in [2.05, 4.69) is 10.2 Å². The van der Waals surface area contributed by atoms with Crippen molar-refractivity contribution < 1.29 is 9.59 Å². The van der Waals surface area contributed by atoms with E-state index in [0.717, 1.165) is 5.56 Å². The largest absolute Gasteiger partial charge is 0.354 e. The minimum absolute atomic E-state index is 0.0470. The SMILES string of the molecule is CN(C)[C@H](CNC(=O)CCC(=O)c1ccc(Cl)s1)c1ccccc1. The highest BCUT2D eigenvalue weighted by Gasteiger charge is 2.16. The standard InChI is InChI=1S/C18H21ClN2O2S/c1-21(2)14(13-6-4-3-5-7-13)12-20-18(23)11-8-15(22)16-9-10-17(19)24-16/h3-7,9-10,14H,8,11-12H2,1-2H3,(H,20,23)/t14-/m1/s1. The Hall–Kier alpha value is -1.69. The zero-order valence-electron chi connectivity index (χ0n) is 13.8. The van der Waals surface area contributed by atoms with Crippen LogP contribution in [-0.2, 0) is 4.79 Å². The summed E-state index contributed by atoms with van der Waals surface area (Å²) in [5, 5.41) is 2.92. The normalized spacial score (nSPS) is 12.2. The van der Waals surface area contributed by atoms with E-state index in [9.17, 15) is 9.59 Å². The first-order chi connectivity index (χ1) is 11.5. The second-order valence-electron chi connectivity index (χ2n) is 5.72. The third-order valence-electron chi connectivity index (χ3n) is 3.73. The Morgan fingerprint density at radius 2 is 1.83 bits per heavy atom. The summed E-state index contributed by atoms with van der Waals surface area (Å²) >= 11 is 7.07. The van der Waals surface area contributed by atoms with Crippen LogP contribution in [0.1, 0.15) is 34.1 Å². The van der Waals surface area contributed by atoms with Crippen LogP contribution in [0.5, 0.6) is 0 Å². The maximum atomic E-state index is 12.0. The van der Waals surface area contributed by atoms with Crippen molar-refractivity contribution in [1.82, 2.24) is 10.2 Å². The van der Waals surface area contributed by atoms with Gasteiger partial charge in [0, 0.05) is 19.4 Å². The van der Waals surface area contributed by atoms with Crippen molar-refractivity contribution in [2.24, 2.45) is 0 Å². The molecule has 1 aromatic carbocycles. The van der Waals surface area contributed by atoms with E-state index in [1.807, 2.05) is 44.4 Å². The maximum Gasteiger partial charge on any atom is 0.220 e. The molecule has 1 atom stereocenters. The molecule has 0 aliphatic rings. The van der Waals surface area contributed by atoms with E-state index in [1.54, 1.807) is 12.1 Å². The molecule has 0 radical (unpaired) electrons. The number of carbonyl (C=O) groups excluding carboxylic acids is 2. The molecule has 0 fully saturated rings. The molecular weight excluding hydrogens is 344 g/mol. The molecule has 24 heavy (non-hydrogen) atoms. The molecule has 6 heteroatoms. The molecule has 128 valence electrons. The molecule has 0 saturated heterocycles. The molecule has 1 N–H and O–H groups in total. The number of halogens is 1. The van der Waals surface area contributed by atoms with Gasteiger partial charge in [-0.25, -0.2) is 0 Å². The Bertz CT molecular complexity index is 685. The van der Waals surface area contributed by atoms with E-state index in [-0.39, 0.29) is 30.6 Å². The highest BCUT2D eigenvalue weighted by Crippen LogP contribution is 2.23. The number of hydrogen-bond donors (Lipinski definition) is 1. The number of thiophene rings is 1. The number of rotatable bonds is 8. The quantitative estimate of drug-likeness (QED) is 0.725. The third-order valence-corrected chi connectivity index (χ3v) is 5.00. The molecule has 1 heterocycles. The van der Waals surface area contributed by atoms with Crippen molar-refractivity contribution in [2.45, 2.75) is 18.9 Å². The van der Waals surface area contributed by atoms with Gasteiger partial charge in [0.2, 0.25) is 5.91 Å². The number of benzene rings is 1. The van der Waals surface area contributed by atoms with E-state index < -0.39 is 0 Å². The van der Waals surface area contributed by atoms with E-state index >= 15 is 0 Å². The van der Waals surface area contributed by atoms with Crippen molar-refractivity contribution in [1.29, 1.82) is 0 Å². The smallest absolute Gasteiger partial charge is 0.220 e. The average molecular weight is 365 g/mol. The van der Waals surface area contributed by atoms with Gasteiger partial charge in [-0.2, -0.15) is 0 Å². The molecule has 0 unspecified atom stereocenters. The van der Waals surface area contributed by atoms with Crippen LogP contribution < -0.4 is 5.32 Å². The lowest BCUT2D eigenvalue weighted by Crippen LogP contribution is -2.34. The monoisotopic (exact) mass is 364 g/mol. The van der Waals surface area contributed by atoms with Gasteiger partial charge < -0.3 is 10.2 Å². The Morgan fingerprint density at radius 3 is 2.42 bits per heavy atom. The van der Waals surface area contributed by atoms with Crippen molar-refractivity contribution in [2.75, 3.05) is 20.6 Å².